The first-order valence-electron chi connectivity index (χ1n) is 9.05. The zero-order valence-corrected chi connectivity index (χ0v) is 15.1. The van der Waals surface area contributed by atoms with Gasteiger partial charge in [-0.2, -0.15) is 0 Å². The molecule has 4 rings (SSSR count). The maximum absolute atomic E-state index is 12.2. The van der Waals surface area contributed by atoms with Gasteiger partial charge in [-0.1, -0.05) is 12.1 Å². The van der Waals surface area contributed by atoms with Crippen LogP contribution in [-0.2, 0) is 14.4 Å². The second-order valence-electron chi connectivity index (χ2n) is 6.61. The molecule has 7 nitrogen and oxygen atoms in total. The second-order valence-corrected chi connectivity index (χ2v) is 6.61. The lowest BCUT2D eigenvalue weighted by Crippen LogP contribution is -2.25. The molecule has 0 spiro atoms. The molecule has 0 aliphatic carbocycles. The summed E-state index contributed by atoms with van der Waals surface area (Å²) in [6.07, 6.45) is 4.62. The van der Waals surface area contributed by atoms with E-state index >= 15 is 0 Å². The third-order valence-corrected chi connectivity index (χ3v) is 4.59. The number of carbonyl (C=O) groups excluding carboxylic acids is 3. The third-order valence-electron chi connectivity index (χ3n) is 4.59. The highest BCUT2D eigenvalue weighted by molar-refractivity contribution is 6.03. The Morgan fingerprint density at radius 3 is 2.71 bits per heavy atom. The van der Waals surface area contributed by atoms with E-state index in [1.165, 1.54) is 6.08 Å². The van der Waals surface area contributed by atoms with E-state index in [-0.39, 0.29) is 24.3 Å². The van der Waals surface area contributed by atoms with Crippen molar-refractivity contribution < 1.29 is 19.1 Å². The summed E-state index contributed by atoms with van der Waals surface area (Å²) in [4.78, 5) is 37.1. The Hall–Kier alpha value is -3.61. The molecule has 1 saturated heterocycles. The van der Waals surface area contributed by atoms with Crippen LogP contribution in [0.4, 0.5) is 17.1 Å². The predicted molar refractivity (Wildman–Crippen MR) is 106 cm³/mol. The van der Waals surface area contributed by atoms with Crippen LogP contribution >= 0.6 is 0 Å². The average molecular weight is 377 g/mol. The molecule has 2 aromatic rings. The summed E-state index contributed by atoms with van der Waals surface area (Å²) in [6, 6.07) is 12.6. The van der Waals surface area contributed by atoms with Gasteiger partial charge in [-0.25, -0.2) is 0 Å². The molecule has 2 aromatic carbocycles. The molecule has 2 N–H and O–H groups in total. The Kier molecular flexibility index (Phi) is 4.80. The Bertz CT molecular complexity index is 966. The van der Waals surface area contributed by atoms with Crippen LogP contribution in [0.3, 0.4) is 0 Å². The zero-order chi connectivity index (χ0) is 19.5. The topological polar surface area (TPSA) is 87.7 Å². The molecule has 0 radical (unpaired) electrons. The van der Waals surface area contributed by atoms with Gasteiger partial charge in [0.05, 0.1) is 5.69 Å². The number of hydrogen-bond acceptors (Lipinski definition) is 4. The van der Waals surface area contributed by atoms with Crippen molar-refractivity contribution in [2.75, 3.05) is 28.7 Å². The van der Waals surface area contributed by atoms with E-state index in [0.717, 1.165) is 24.2 Å². The van der Waals surface area contributed by atoms with Crippen LogP contribution < -0.4 is 20.3 Å². The van der Waals surface area contributed by atoms with Gasteiger partial charge in [0.15, 0.2) is 6.61 Å². The monoisotopic (exact) mass is 377 g/mol. The fraction of sp³-hybridized carbons (Fsp3) is 0.190. The van der Waals surface area contributed by atoms with Gasteiger partial charge in [0, 0.05) is 30.4 Å². The summed E-state index contributed by atoms with van der Waals surface area (Å²) in [7, 11) is 0. The van der Waals surface area contributed by atoms with E-state index in [2.05, 4.69) is 10.6 Å². The minimum Gasteiger partial charge on any atom is -0.482 e. The first kappa shape index (κ1) is 17.8. The Balaban J connectivity index is 1.38. The largest absolute Gasteiger partial charge is 0.482 e. The highest BCUT2D eigenvalue weighted by Gasteiger charge is 2.21. The third kappa shape index (κ3) is 3.88. The summed E-state index contributed by atoms with van der Waals surface area (Å²) >= 11 is 0. The molecule has 0 bridgehead atoms. The first-order valence-corrected chi connectivity index (χ1v) is 9.05. The van der Waals surface area contributed by atoms with Crippen molar-refractivity contribution >= 4 is 40.9 Å². The SMILES string of the molecule is O=C(/C=C/c1ccc(N2CCCC2=O)cc1)Nc1ccc2c(c1)NC(=O)CO2. The van der Waals surface area contributed by atoms with E-state index in [9.17, 15) is 14.4 Å². The molecule has 0 aromatic heterocycles. The average Bonchev–Trinajstić information content (AvgIpc) is 3.12. The van der Waals surface area contributed by atoms with E-state index in [0.29, 0.717) is 23.5 Å². The molecule has 2 heterocycles. The van der Waals surface area contributed by atoms with Gasteiger partial charge in [-0.15, -0.1) is 0 Å². The van der Waals surface area contributed by atoms with Crippen molar-refractivity contribution in [3.05, 3.63) is 54.1 Å². The normalized spacial score (nSPS) is 15.9. The zero-order valence-electron chi connectivity index (χ0n) is 15.1. The molecular weight excluding hydrogens is 358 g/mol. The lowest BCUT2D eigenvalue weighted by Gasteiger charge is -2.18. The molecule has 2 aliphatic heterocycles. The van der Waals surface area contributed by atoms with E-state index in [4.69, 9.17) is 4.74 Å². The summed E-state index contributed by atoms with van der Waals surface area (Å²) in [5.41, 5.74) is 2.83. The van der Waals surface area contributed by atoms with Crippen molar-refractivity contribution in [2.45, 2.75) is 12.8 Å². The van der Waals surface area contributed by atoms with Gasteiger partial charge in [-0.05, 0) is 48.4 Å². The smallest absolute Gasteiger partial charge is 0.262 e. The van der Waals surface area contributed by atoms with Gasteiger partial charge in [0.2, 0.25) is 11.8 Å². The van der Waals surface area contributed by atoms with Crippen molar-refractivity contribution in [2.24, 2.45) is 0 Å². The molecule has 2 aliphatic rings. The van der Waals surface area contributed by atoms with Crippen LogP contribution in [0.2, 0.25) is 0 Å². The van der Waals surface area contributed by atoms with Gasteiger partial charge in [0.25, 0.3) is 5.91 Å². The maximum Gasteiger partial charge on any atom is 0.262 e. The van der Waals surface area contributed by atoms with Gasteiger partial charge in [0.1, 0.15) is 5.75 Å². The van der Waals surface area contributed by atoms with E-state index in [1.807, 2.05) is 24.3 Å². The summed E-state index contributed by atoms with van der Waals surface area (Å²) in [6.45, 7) is 0.745. The quantitative estimate of drug-likeness (QED) is 0.802. The molecule has 28 heavy (non-hydrogen) atoms. The minimum atomic E-state index is -0.290. The van der Waals surface area contributed by atoms with E-state index < -0.39 is 0 Å². The Morgan fingerprint density at radius 2 is 1.96 bits per heavy atom. The molecule has 0 saturated carbocycles. The maximum atomic E-state index is 12.2. The van der Waals surface area contributed by atoms with Gasteiger partial charge >= 0.3 is 0 Å². The minimum absolute atomic E-state index is 0.00778. The summed E-state index contributed by atoms with van der Waals surface area (Å²) in [5.74, 6) is 0.204. The van der Waals surface area contributed by atoms with Crippen LogP contribution in [0, 0.1) is 0 Å². The van der Waals surface area contributed by atoms with Crippen LogP contribution in [0.15, 0.2) is 48.5 Å². The Morgan fingerprint density at radius 1 is 1.14 bits per heavy atom. The van der Waals surface area contributed by atoms with Crippen molar-refractivity contribution in [3.8, 4) is 5.75 Å². The van der Waals surface area contributed by atoms with Crippen molar-refractivity contribution in [3.63, 3.8) is 0 Å². The van der Waals surface area contributed by atoms with Crippen LogP contribution in [0.1, 0.15) is 18.4 Å². The molecular formula is C21H19N3O4. The van der Waals surface area contributed by atoms with Gasteiger partial charge in [-0.3, -0.25) is 14.4 Å². The van der Waals surface area contributed by atoms with Crippen LogP contribution in [0.25, 0.3) is 6.08 Å². The summed E-state index contributed by atoms with van der Waals surface area (Å²) in [5, 5.41) is 5.46. The number of ether oxygens (including phenoxy) is 1. The molecule has 0 atom stereocenters. The van der Waals surface area contributed by atoms with Crippen molar-refractivity contribution in [1.82, 2.24) is 0 Å². The second kappa shape index (κ2) is 7.56. The number of hydrogen-bond donors (Lipinski definition) is 2. The fourth-order valence-electron chi connectivity index (χ4n) is 3.20. The number of anilines is 3. The first-order chi connectivity index (χ1) is 13.6. The molecule has 142 valence electrons. The highest BCUT2D eigenvalue weighted by Crippen LogP contribution is 2.30. The standard InChI is InChI=1S/C21H19N3O4/c25-19(22-15-6-9-18-17(12-15)23-20(26)13-28-18)10-5-14-3-7-16(8-4-14)24-11-1-2-21(24)27/h3-10,12H,1-2,11,13H2,(H,22,25)(H,23,26)/b10-5+. The lowest BCUT2D eigenvalue weighted by atomic mass is 10.2. The number of carbonyl (C=O) groups is 3. The molecule has 1 fully saturated rings. The lowest BCUT2D eigenvalue weighted by molar-refractivity contribution is -0.119. The number of amides is 3. The number of rotatable bonds is 4. The number of benzene rings is 2. The van der Waals surface area contributed by atoms with Crippen LogP contribution in [0.5, 0.6) is 5.75 Å². The summed E-state index contributed by atoms with van der Waals surface area (Å²) < 4.78 is 5.29. The number of nitrogens with one attached hydrogen (secondary N) is 2. The molecule has 3 amide bonds. The molecule has 0 unspecified atom stereocenters. The number of fused-ring (bicyclic) bond motifs is 1. The fourth-order valence-corrected chi connectivity index (χ4v) is 3.20. The molecule has 7 heteroatoms. The van der Waals surface area contributed by atoms with E-state index in [1.54, 1.807) is 29.2 Å². The highest BCUT2D eigenvalue weighted by atomic mass is 16.5. The van der Waals surface area contributed by atoms with Crippen molar-refractivity contribution in [1.29, 1.82) is 0 Å². The predicted octanol–water partition coefficient (Wildman–Crippen LogP) is 2.80. The van der Waals surface area contributed by atoms with Crippen LogP contribution in [-0.4, -0.2) is 30.9 Å². The number of nitrogens with zero attached hydrogens (tertiary/aromatic N) is 1. The van der Waals surface area contributed by atoms with Gasteiger partial charge < -0.3 is 20.3 Å². The Labute approximate surface area is 162 Å².